The Morgan fingerprint density at radius 1 is 1.22 bits per heavy atom. The molecule has 0 amide bonds. The highest BCUT2D eigenvalue weighted by molar-refractivity contribution is 5.43. The summed E-state index contributed by atoms with van der Waals surface area (Å²) >= 11 is 0. The number of nitrogens with one attached hydrogen (secondary N) is 1. The van der Waals surface area contributed by atoms with Crippen molar-refractivity contribution in [2.24, 2.45) is 0 Å². The third-order valence-electron chi connectivity index (χ3n) is 3.21. The lowest BCUT2D eigenvalue weighted by molar-refractivity contribution is 0.336. The number of benzene rings is 1. The van der Waals surface area contributed by atoms with Gasteiger partial charge in [0.2, 0.25) is 0 Å². The van der Waals surface area contributed by atoms with E-state index >= 15 is 0 Å². The average molecular weight is 250 g/mol. The van der Waals surface area contributed by atoms with Crippen molar-refractivity contribution in [1.29, 1.82) is 0 Å². The van der Waals surface area contributed by atoms with E-state index in [9.17, 15) is 0 Å². The lowest BCUT2D eigenvalue weighted by atomic mass is 10.0. The summed E-state index contributed by atoms with van der Waals surface area (Å²) in [4.78, 5) is 2.34. The van der Waals surface area contributed by atoms with Crippen molar-refractivity contribution in [2.75, 3.05) is 40.8 Å². The van der Waals surface area contributed by atoms with Crippen LogP contribution in [0.4, 0.5) is 0 Å². The molecule has 1 aromatic carbocycles. The Kier molecular flexibility index (Phi) is 6.16. The summed E-state index contributed by atoms with van der Waals surface area (Å²) in [5.41, 5.74) is 3.85. The Hall–Kier alpha value is -1.06. The molecule has 1 aromatic rings. The average Bonchev–Trinajstić information content (AvgIpc) is 2.33. The zero-order chi connectivity index (χ0) is 13.5. The molecular weight excluding hydrogens is 224 g/mol. The first-order valence-electron chi connectivity index (χ1n) is 6.55. The molecule has 0 saturated heterocycles. The monoisotopic (exact) mass is 250 g/mol. The zero-order valence-electron chi connectivity index (χ0n) is 12.3. The van der Waals surface area contributed by atoms with Crippen molar-refractivity contribution >= 4 is 0 Å². The third kappa shape index (κ3) is 4.31. The van der Waals surface area contributed by atoms with Gasteiger partial charge in [0.15, 0.2) is 0 Å². The molecule has 102 valence electrons. The van der Waals surface area contributed by atoms with E-state index in [2.05, 4.69) is 43.2 Å². The minimum absolute atomic E-state index is 1.03. The van der Waals surface area contributed by atoms with Gasteiger partial charge in [-0.1, -0.05) is 17.7 Å². The zero-order valence-corrected chi connectivity index (χ0v) is 12.3. The highest BCUT2D eigenvalue weighted by Gasteiger charge is 2.08. The fraction of sp³-hybridized carbons (Fsp3) is 0.600. The Bertz CT molecular complexity index is 377. The normalized spacial score (nSPS) is 11.0. The van der Waals surface area contributed by atoms with E-state index in [0.29, 0.717) is 0 Å². The summed E-state index contributed by atoms with van der Waals surface area (Å²) in [6, 6.07) is 4.41. The number of ether oxygens (including phenoxy) is 1. The van der Waals surface area contributed by atoms with Crippen LogP contribution >= 0.6 is 0 Å². The third-order valence-corrected chi connectivity index (χ3v) is 3.21. The first kappa shape index (κ1) is 15.0. The second-order valence-corrected chi connectivity index (χ2v) is 4.93. The van der Waals surface area contributed by atoms with Gasteiger partial charge >= 0.3 is 0 Å². The number of hydrogen-bond acceptors (Lipinski definition) is 3. The highest BCUT2D eigenvalue weighted by atomic mass is 16.5. The maximum absolute atomic E-state index is 5.51. The Balaban J connectivity index is 2.66. The largest absolute Gasteiger partial charge is 0.496 e. The van der Waals surface area contributed by atoms with Crippen molar-refractivity contribution in [3.05, 3.63) is 28.8 Å². The number of hydrogen-bond donors (Lipinski definition) is 1. The lowest BCUT2D eigenvalue weighted by Crippen LogP contribution is -2.29. The van der Waals surface area contributed by atoms with E-state index in [0.717, 1.165) is 31.8 Å². The Morgan fingerprint density at radius 2 is 1.94 bits per heavy atom. The van der Waals surface area contributed by atoms with Crippen LogP contribution in [0.3, 0.4) is 0 Å². The molecule has 0 aliphatic heterocycles. The van der Waals surface area contributed by atoms with Crippen LogP contribution in [-0.2, 0) is 6.42 Å². The summed E-state index contributed by atoms with van der Waals surface area (Å²) < 4.78 is 5.51. The van der Waals surface area contributed by atoms with Crippen molar-refractivity contribution in [3.63, 3.8) is 0 Å². The highest BCUT2D eigenvalue weighted by Crippen LogP contribution is 2.25. The van der Waals surface area contributed by atoms with E-state index < -0.39 is 0 Å². The van der Waals surface area contributed by atoms with Gasteiger partial charge in [-0.15, -0.1) is 0 Å². The van der Waals surface area contributed by atoms with Gasteiger partial charge in [-0.3, -0.25) is 0 Å². The van der Waals surface area contributed by atoms with E-state index in [1.54, 1.807) is 7.11 Å². The molecule has 0 fully saturated rings. The number of methoxy groups -OCH3 is 1. The molecule has 0 spiro atoms. The maximum atomic E-state index is 5.51. The van der Waals surface area contributed by atoms with Gasteiger partial charge in [0.05, 0.1) is 7.11 Å². The van der Waals surface area contributed by atoms with Gasteiger partial charge in [0.1, 0.15) is 5.75 Å². The van der Waals surface area contributed by atoms with Crippen molar-refractivity contribution in [1.82, 2.24) is 10.2 Å². The topological polar surface area (TPSA) is 24.5 Å². The molecule has 1 N–H and O–H groups in total. The summed E-state index contributed by atoms with van der Waals surface area (Å²) in [5.74, 6) is 1.04. The SMILES string of the molecule is CNCCN(C)CCc1cc(C)cc(C)c1OC. The lowest BCUT2D eigenvalue weighted by Gasteiger charge is -2.18. The number of likely N-dealkylation sites (N-methyl/N-ethyl adjacent to an activating group) is 2. The Labute approximate surface area is 111 Å². The molecule has 0 radical (unpaired) electrons. The smallest absolute Gasteiger partial charge is 0.125 e. The minimum Gasteiger partial charge on any atom is -0.496 e. The van der Waals surface area contributed by atoms with Gasteiger partial charge < -0.3 is 15.0 Å². The number of nitrogens with zero attached hydrogens (tertiary/aromatic N) is 1. The minimum atomic E-state index is 1.03. The van der Waals surface area contributed by atoms with Gasteiger partial charge in [-0.25, -0.2) is 0 Å². The molecular formula is C15H26N2O. The van der Waals surface area contributed by atoms with Crippen LogP contribution in [0.1, 0.15) is 16.7 Å². The molecule has 1 rings (SSSR count). The molecule has 0 aliphatic carbocycles. The molecule has 0 saturated carbocycles. The number of rotatable bonds is 7. The molecule has 0 heterocycles. The van der Waals surface area contributed by atoms with E-state index in [1.807, 2.05) is 7.05 Å². The van der Waals surface area contributed by atoms with Crippen molar-refractivity contribution in [2.45, 2.75) is 20.3 Å². The van der Waals surface area contributed by atoms with Gasteiger partial charge in [0.25, 0.3) is 0 Å². The first-order chi connectivity index (χ1) is 8.58. The Morgan fingerprint density at radius 3 is 2.56 bits per heavy atom. The van der Waals surface area contributed by atoms with E-state index in [4.69, 9.17) is 4.74 Å². The van der Waals surface area contributed by atoms with Crippen molar-refractivity contribution < 1.29 is 4.74 Å². The second-order valence-electron chi connectivity index (χ2n) is 4.93. The van der Waals surface area contributed by atoms with Crippen LogP contribution in [0.2, 0.25) is 0 Å². The van der Waals surface area contributed by atoms with Crippen LogP contribution < -0.4 is 10.1 Å². The van der Waals surface area contributed by atoms with Crippen LogP contribution in [0.25, 0.3) is 0 Å². The quantitative estimate of drug-likeness (QED) is 0.801. The summed E-state index contributed by atoms with van der Waals surface area (Å²) in [5, 5.41) is 3.17. The molecule has 0 unspecified atom stereocenters. The van der Waals surface area contributed by atoms with E-state index in [-0.39, 0.29) is 0 Å². The second kappa shape index (κ2) is 7.39. The van der Waals surface area contributed by atoms with Gasteiger partial charge in [-0.05, 0) is 45.5 Å². The van der Waals surface area contributed by atoms with Crippen molar-refractivity contribution in [3.8, 4) is 5.75 Å². The predicted octanol–water partition coefficient (Wildman–Crippen LogP) is 2.01. The standard InChI is InChI=1S/C15H26N2O/c1-12-10-13(2)15(18-5)14(11-12)6-8-17(4)9-7-16-3/h10-11,16H,6-9H2,1-5H3. The van der Waals surface area contributed by atoms with Crippen LogP contribution in [0.5, 0.6) is 5.75 Å². The van der Waals surface area contributed by atoms with E-state index in [1.165, 1.54) is 16.7 Å². The molecule has 0 bridgehead atoms. The van der Waals surface area contributed by atoms with Crippen LogP contribution in [0.15, 0.2) is 12.1 Å². The fourth-order valence-electron chi connectivity index (χ4n) is 2.25. The molecule has 3 heteroatoms. The van der Waals surface area contributed by atoms with Gasteiger partial charge in [0, 0.05) is 19.6 Å². The predicted molar refractivity (Wildman–Crippen MR) is 77.6 cm³/mol. The van der Waals surface area contributed by atoms with Crippen LogP contribution in [-0.4, -0.2) is 45.7 Å². The van der Waals surface area contributed by atoms with Crippen LogP contribution in [0, 0.1) is 13.8 Å². The fourth-order valence-corrected chi connectivity index (χ4v) is 2.25. The first-order valence-corrected chi connectivity index (χ1v) is 6.55. The summed E-state index contributed by atoms with van der Waals surface area (Å²) in [7, 11) is 5.90. The summed E-state index contributed by atoms with van der Waals surface area (Å²) in [6.45, 7) is 7.41. The molecule has 3 nitrogen and oxygen atoms in total. The molecule has 0 aromatic heterocycles. The molecule has 0 aliphatic rings. The number of aryl methyl sites for hydroxylation is 2. The maximum Gasteiger partial charge on any atom is 0.125 e. The van der Waals surface area contributed by atoms with Gasteiger partial charge in [-0.2, -0.15) is 0 Å². The summed E-state index contributed by atoms with van der Waals surface area (Å²) in [6.07, 6.45) is 1.03. The molecule has 0 atom stereocenters. The molecule has 18 heavy (non-hydrogen) atoms.